The van der Waals surface area contributed by atoms with Crippen molar-refractivity contribution in [1.82, 2.24) is 4.90 Å². The van der Waals surface area contributed by atoms with Crippen molar-refractivity contribution < 1.29 is 4.79 Å². The second kappa shape index (κ2) is 10.8. The van der Waals surface area contributed by atoms with Gasteiger partial charge in [-0.15, -0.1) is 24.0 Å². The summed E-state index contributed by atoms with van der Waals surface area (Å²) in [6.45, 7) is 8.02. The highest BCUT2D eigenvalue weighted by Crippen LogP contribution is 2.20. The zero-order chi connectivity index (χ0) is 15.8. The summed E-state index contributed by atoms with van der Waals surface area (Å²) < 4.78 is 0.937. The molecular weight excluding hydrogens is 459 g/mol. The molecule has 0 radical (unpaired) electrons. The summed E-state index contributed by atoms with van der Waals surface area (Å²) in [6.07, 6.45) is 0.313. The zero-order valence-electron chi connectivity index (χ0n) is 13.2. The van der Waals surface area contributed by atoms with Crippen LogP contribution in [0.15, 0.2) is 27.7 Å². The standard InChI is InChI=1S/C15H23BrN4O.HI/c1-4-20(5-2)15(17)18-9-8-14(21)19-13-10-12(16)7-6-11(13)3;/h6-7,10H,4-5,8-9H2,1-3H3,(H2,17,18)(H,19,21);1H. The van der Waals surface area contributed by atoms with E-state index >= 15 is 0 Å². The van der Waals surface area contributed by atoms with Gasteiger partial charge in [0.15, 0.2) is 5.96 Å². The average Bonchev–Trinajstić information content (AvgIpc) is 2.44. The Balaban J connectivity index is 0.00000441. The minimum atomic E-state index is -0.0627. The van der Waals surface area contributed by atoms with Crippen LogP contribution in [0.3, 0.4) is 0 Å². The minimum Gasteiger partial charge on any atom is -0.370 e. The topological polar surface area (TPSA) is 70.7 Å². The zero-order valence-corrected chi connectivity index (χ0v) is 17.1. The molecule has 1 amide bonds. The van der Waals surface area contributed by atoms with Gasteiger partial charge in [0.1, 0.15) is 0 Å². The number of rotatable bonds is 6. The van der Waals surface area contributed by atoms with E-state index in [4.69, 9.17) is 5.73 Å². The maximum Gasteiger partial charge on any atom is 0.226 e. The van der Waals surface area contributed by atoms with Crippen molar-refractivity contribution in [1.29, 1.82) is 0 Å². The van der Waals surface area contributed by atoms with Gasteiger partial charge in [-0.3, -0.25) is 9.79 Å². The van der Waals surface area contributed by atoms with E-state index < -0.39 is 0 Å². The van der Waals surface area contributed by atoms with E-state index in [0.717, 1.165) is 28.8 Å². The number of anilines is 1. The number of hydrogen-bond acceptors (Lipinski definition) is 2. The van der Waals surface area contributed by atoms with Crippen LogP contribution >= 0.6 is 39.9 Å². The molecule has 0 aromatic heterocycles. The van der Waals surface area contributed by atoms with Crippen molar-refractivity contribution in [2.45, 2.75) is 27.2 Å². The van der Waals surface area contributed by atoms with Crippen molar-refractivity contribution in [3.63, 3.8) is 0 Å². The number of nitrogens with two attached hydrogens (primary N) is 1. The molecular formula is C15H24BrIN4O. The van der Waals surface area contributed by atoms with Crippen molar-refractivity contribution in [3.8, 4) is 0 Å². The first kappa shape index (κ1) is 21.2. The van der Waals surface area contributed by atoms with Crippen LogP contribution in [0.1, 0.15) is 25.8 Å². The molecule has 0 spiro atoms. The molecule has 1 aromatic carbocycles. The molecule has 0 bridgehead atoms. The van der Waals surface area contributed by atoms with Crippen molar-refractivity contribution in [3.05, 3.63) is 28.2 Å². The SMILES string of the molecule is CCN(CC)C(N)=NCCC(=O)Nc1cc(Br)ccc1C.I. The van der Waals surface area contributed by atoms with Gasteiger partial charge in [0.05, 0.1) is 6.54 Å². The van der Waals surface area contributed by atoms with E-state index in [9.17, 15) is 4.79 Å². The Morgan fingerprint density at radius 2 is 2.00 bits per heavy atom. The molecule has 124 valence electrons. The number of carbonyl (C=O) groups is 1. The molecule has 7 heteroatoms. The summed E-state index contributed by atoms with van der Waals surface area (Å²) in [7, 11) is 0. The Morgan fingerprint density at radius 1 is 1.36 bits per heavy atom. The summed E-state index contributed by atoms with van der Waals surface area (Å²) in [4.78, 5) is 18.1. The molecule has 0 fully saturated rings. The van der Waals surface area contributed by atoms with E-state index in [0.29, 0.717) is 18.9 Å². The molecule has 22 heavy (non-hydrogen) atoms. The van der Waals surface area contributed by atoms with Gasteiger partial charge in [0.25, 0.3) is 0 Å². The molecule has 0 aliphatic heterocycles. The second-order valence-corrected chi connectivity index (χ2v) is 5.59. The lowest BCUT2D eigenvalue weighted by molar-refractivity contribution is -0.116. The van der Waals surface area contributed by atoms with Gasteiger partial charge in [-0.25, -0.2) is 0 Å². The van der Waals surface area contributed by atoms with Gasteiger partial charge in [-0.2, -0.15) is 0 Å². The van der Waals surface area contributed by atoms with Crippen LogP contribution in [0.5, 0.6) is 0 Å². The number of hydrogen-bond donors (Lipinski definition) is 2. The predicted molar refractivity (Wildman–Crippen MR) is 107 cm³/mol. The minimum absolute atomic E-state index is 0. The number of halogens is 2. The summed E-state index contributed by atoms with van der Waals surface area (Å²) in [5.41, 5.74) is 7.70. The predicted octanol–water partition coefficient (Wildman–Crippen LogP) is 3.36. The third kappa shape index (κ3) is 6.95. The molecule has 0 saturated heterocycles. The van der Waals surface area contributed by atoms with Crippen LogP contribution < -0.4 is 11.1 Å². The highest BCUT2D eigenvalue weighted by molar-refractivity contribution is 14.0. The smallest absolute Gasteiger partial charge is 0.226 e. The molecule has 0 aliphatic carbocycles. The van der Waals surface area contributed by atoms with Crippen LogP contribution in [0, 0.1) is 6.92 Å². The van der Waals surface area contributed by atoms with Gasteiger partial charge in [0, 0.05) is 29.7 Å². The van der Waals surface area contributed by atoms with Gasteiger partial charge < -0.3 is 16.0 Å². The Morgan fingerprint density at radius 3 is 2.59 bits per heavy atom. The number of guanidine groups is 1. The molecule has 3 N–H and O–H groups in total. The fourth-order valence-electron chi connectivity index (χ4n) is 1.86. The first-order chi connectivity index (χ1) is 9.97. The van der Waals surface area contributed by atoms with Crippen LogP contribution in [-0.4, -0.2) is 36.4 Å². The number of aliphatic imine (C=N–C) groups is 1. The number of nitrogens with zero attached hydrogens (tertiary/aromatic N) is 2. The van der Waals surface area contributed by atoms with Gasteiger partial charge in [-0.1, -0.05) is 22.0 Å². The molecule has 1 aromatic rings. The molecule has 0 aliphatic rings. The quantitative estimate of drug-likeness (QED) is 0.371. The van der Waals surface area contributed by atoms with Crippen LogP contribution in [0.4, 0.5) is 5.69 Å². The van der Waals surface area contributed by atoms with Crippen LogP contribution in [0.25, 0.3) is 0 Å². The Bertz CT molecular complexity index is 518. The third-order valence-electron chi connectivity index (χ3n) is 3.17. The molecule has 0 saturated carbocycles. The lowest BCUT2D eigenvalue weighted by Gasteiger charge is -2.19. The third-order valence-corrected chi connectivity index (χ3v) is 3.67. The summed E-state index contributed by atoms with van der Waals surface area (Å²) in [5.74, 6) is 0.429. The van der Waals surface area contributed by atoms with Gasteiger partial charge in [0.2, 0.25) is 5.91 Å². The Kier molecular flexibility index (Phi) is 10.4. The fourth-order valence-corrected chi connectivity index (χ4v) is 2.22. The maximum atomic E-state index is 11.9. The van der Waals surface area contributed by atoms with Crippen molar-refractivity contribution in [2.24, 2.45) is 10.7 Å². The van der Waals surface area contributed by atoms with Gasteiger partial charge in [-0.05, 0) is 38.5 Å². The molecule has 1 rings (SSSR count). The van der Waals surface area contributed by atoms with E-state index in [1.165, 1.54) is 0 Å². The first-order valence-corrected chi connectivity index (χ1v) is 7.88. The summed E-state index contributed by atoms with van der Waals surface area (Å²) >= 11 is 3.39. The summed E-state index contributed by atoms with van der Waals surface area (Å²) in [5, 5.41) is 2.89. The van der Waals surface area contributed by atoms with E-state index in [2.05, 4.69) is 26.2 Å². The molecule has 0 heterocycles. The van der Waals surface area contributed by atoms with E-state index in [1.807, 2.05) is 43.9 Å². The Labute approximate surface area is 157 Å². The fraction of sp³-hybridized carbons (Fsp3) is 0.467. The number of nitrogens with one attached hydrogen (secondary N) is 1. The summed E-state index contributed by atoms with van der Waals surface area (Å²) in [6, 6.07) is 5.79. The average molecular weight is 483 g/mol. The lowest BCUT2D eigenvalue weighted by atomic mass is 10.2. The molecule has 5 nitrogen and oxygen atoms in total. The monoisotopic (exact) mass is 482 g/mol. The van der Waals surface area contributed by atoms with Crippen LogP contribution in [0.2, 0.25) is 0 Å². The molecule has 0 atom stereocenters. The van der Waals surface area contributed by atoms with Crippen molar-refractivity contribution >= 4 is 57.5 Å². The number of benzene rings is 1. The van der Waals surface area contributed by atoms with Crippen molar-refractivity contribution in [2.75, 3.05) is 25.0 Å². The second-order valence-electron chi connectivity index (χ2n) is 4.67. The van der Waals surface area contributed by atoms with Gasteiger partial charge >= 0.3 is 0 Å². The first-order valence-electron chi connectivity index (χ1n) is 7.08. The largest absolute Gasteiger partial charge is 0.370 e. The van der Waals surface area contributed by atoms with E-state index in [1.54, 1.807) is 0 Å². The normalized spacial score (nSPS) is 10.8. The van der Waals surface area contributed by atoms with Crippen LogP contribution in [-0.2, 0) is 4.79 Å². The molecule has 0 unspecified atom stereocenters. The lowest BCUT2D eigenvalue weighted by Crippen LogP contribution is -2.37. The van der Waals surface area contributed by atoms with E-state index in [-0.39, 0.29) is 29.9 Å². The highest BCUT2D eigenvalue weighted by atomic mass is 127. The highest BCUT2D eigenvalue weighted by Gasteiger charge is 2.06. The number of carbonyl (C=O) groups excluding carboxylic acids is 1. The number of amides is 1. The maximum absolute atomic E-state index is 11.9. The Hall–Kier alpha value is -0.830. The number of aryl methyl sites for hydroxylation is 1.